The third-order valence-corrected chi connectivity index (χ3v) is 5.41. The highest BCUT2D eigenvalue weighted by molar-refractivity contribution is 5.88. The van der Waals surface area contributed by atoms with Crippen LogP contribution in [0.1, 0.15) is 24.5 Å². The van der Waals surface area contributed by atoms with Crippen LogP contribution in [0.25, 0.3) is 0 Å². The summed E-state index contributed by atoms with van der Waals surface area (Å²) in [5, 5.41) is 2.89. The fourth-order valence-corrected chi connectivity index (χ4v) is 3.76. The van der Waals surface area contributed by atoms with Gasteiger partial charge >= 0.3 is 0 Å². The molecule has 2 amide bonds. The molecule has 1 heterocycles. The molecule has 31 heavy (non-hydrogen) atoms. The Hall–Kier alpha value is -3.06. The Bertz CT molecular complexity index is 888. The van der Waals surface area contributed by atoms with E-state index in [1.807, 2.05) is 55.5 Å². The topological polar surface area (TPSA) is 71.1 Å². The lowest BCUT2D eigenvalue weighted by Gasteiger charge is -2.35. The molecule has 7 nitrogen and oxygen atoms in total. The second kappa shape index (κ2) is 10.8. The zero-order valence-corrected chi connectivity index (χ0v) is 18.5. The van der Waals surface area contributed by atoms with Crippen LogP contribution in [0, 0.1) is 0 Å². The van der Waals surface area contributed by atoms with Crippen molar-refractivity contribution >= 4 is 11.8 Å². The van der Waals surface area contributed by atoms with Crippen molar-refractivity contribution in [1.82, 2.24) is 15.1 Å². The maximum absolute atomic E-state index is 13.0. The van der Waals surface area contributed by atoms with Crippen LogP contribution in [0.5, 0.6) is 11.5 Å². The van der Waals surface area contributed by atoms with E-state index in [1.54, 1.807) is 19.1 Å². The second-order valence-corrected chi connectivity index (χ2v) is 7.64. The molecule has 1 atom stereocenters. The average molecular weight is 426 g/mol. The van der Waals surface area contributed by atoms with E-state index in [2.05, 4.69) is 10.2 Å². The van der Waals surface area contributed by atoms with E-state index >= 15 is 0 Å². The van der Waals surface area contributed by atoms with Gasteiger partial charge in [0.25, 0.3) is 0 Å². The summed E-state index contributed by atoms with van der Waals surface area (Å²) in [5.41, 5.74) is 2.07. The molecule has 2 aromatic rings. The lowest BCUT2D eigenvalue weighted by Crippen LogP contribution is -2.56. The number of rotatable bonds is 9. The lowest BCUT2D eigenvalue weighted by atomic mass is 10.1. The zero-order valence-electron chi connectivity index (χ0n) is 18.5. The van der Waals surface area contributed by atoms with Gasteiger partial charge in [-0.3, -0.25) is 14.5 Å². The monoisotopic (exact) mass is 425 g/mol. The first-order valence-electron chi connectivity index (χ1n) is 10.6. The number of benzene rings is 2. The molecule has 0 bridgehead atoms. The molecule has 1 N–H and O–H groups in total. The van der Waals surface area contributed by atoms with Gasteiger partial charge in [-0.05, 0) is 30.2 Å². The summed E-state index contributed by atoms with van der Waals surface area (Å²) in [6.45, 7) is 4.83. The van der Waals surface area contributed by atoms with Crippen molar-refractivity contribution in [2.24, 2.45) is 0 Å². The molecule has 0 aliphatic carbocycles. The number of amides is 2. The van der Waals surface area contributed by atoms with Crippen molar-refractivity contribution in [2.45, 2.75) is 32.5 Å². The van der Waals surface area contributed by atoms with Crippen molar-refractivity contribution in [3.63, 3.8) is 0 Å². The molecule has 2 aromatic carbocycles. The van der Waals surface area contributed by atoms with Crippen molar-refractivity contribution in [3.8, 4) is 11.5 Å². The SMILES string of the molecule is CCOc1cc(CN(C)C(=O)CC2C(=O)NCCN2Cc2ccccc2)ccc1OC. The van der Waals surface area contributed by atoms with Gasteiger partial charge in [-0.2, -0.15) is 0 Å². The second-order valence-electron chi connectivity index (χ2n) is 7.64. The third kappa shape index (κ3) is 5.98. The van der Waals surface area contributed by atoms with Crippen LogP contribution < -0.4 is 14.8 Å². The Morgan fingerprint density at radius 1 is 1.16 bits per heavy atom. The van der Waals surface area contributed by atoms with Crippen LogP contribution in [0.15, 0.2) is 48.5 Å². The van der Waals surface area contributed by atoms with Gasteiger partial charge in [-0.25, -0.2) is 0 Å². The molecule has 1 unspecified atom stereocenters. The predicted molar refractivity (Wildman–Crippen MR) is 119 cm³/mol. The van der Waals surface area contributed by atoms with Gasteiger partial charge in [-0.1, -0.05) is 36.4 Å². The first kappa shape index (κ1) is 22.6. The van der Waals surface area contributed by atoms with E-state index in [1.165, 1.54) is 0 Å². The minimum absolute atomic E-state index is 0.0751. The van der Waals surface area contributed by atoms with Gasteiger partial charge in [0.1, 0.15) is 0 Å². The third-order valence-electron chi connectivity index (χ3n) is 5.41. The van der Waals surface area contributed by atoms with E-state index in [4.69, 9.17) is 9.47 Å². The van der Waals surface area contributed by atoms with Crippen molar-refractivity contribution < 1.29 is 19.1 Å². The van der Waals surface area contributed by atoms with Gasteiger partial charge in [0, 0.05) is 33.2 Å². The molecule has 1 aliphatic rings. The van der Waals surface area contributed by atoms with E-state index < -0.39 is 6.04 Å². The Kier molecular flexibility index (Phi) is 7.89. The number of nitrogens with zero attached hydrogens (tertiary/aromatic N) is 2. The Labute approximate surface area is 183 Å². The van der Waals surface area contributed by atoms with Crippen LogP contribution in [0.4, 0.5) is 0 Å². The fraction of sp³-hybridized carbons (Fsp3) is 0.417. The largest absolute Gasteiger partial charge is 0.493 e. The molecular formula is C24H31N3O4. The number of hydrogen-bond acceptors (Lipinski definition) is 5. The number of carbonyl (C=O) groups excluding carboxylic acids is 2. The number of methoxy groups -OCH3 is 1. The summed E-state index contributed by atoms with van der Waals surface area (Å²) in [4.78, 5) is 29.2. The van der Waals surface area contributed by atoms with Crippen LogP contribution in [-0.2, 0) is 22.7 Å². The fourth-order valence-electron chi connectivity index (χ4n) is 3.76. The highest BCUT2D eigenvalue weighted by atomic mass is 16.5. The average Bonchev–Trinajstić information content (AvgIpc) is 2.77. The highest BCUT2D eigenvalue weighted by Crippen LogP contribution is 2.28. The summed E-state index contributed by atoms with van der Waals surface area (Å²) in [5.74, 6) is 1.15. The molecule has 7 heteroatoms. The van der Waals surface area contributed by atoms with Gasteiger partial charge in [0.15, 0.2) is 11.5 Å². The van der Waals surface area contributed by atoms with Crippen LogP contribution in [0.3, 0.4) is 0 Å². The smallest absolute Gasteiger partial charge is 0.237 e. The first-order valence-corrected chi connectivity index (χ1v) is 10.6. The lowest BCUT2D eigenvalue weighted by molar-refractivity contribution is -0.138. The molecule has 1 fully saturated rings. The van der Waals surface area contributed by atoms with Crippen molar-refractivity contribution in [3.05, 3.63) is 59.7 Å². The Morgan fingerprint density at radius 3 is 2.65 bits per heavy atom. The quantitative estimate of drug-likeness (QED) is 0.668. The molecule has 1 saturated heterocycles. The van der Waals surface area contributed by atoms with E-state index in [0.717, 1.165) is 17.7 Å². The van der Waals surface area contributed by atoms with Gasteiger partial charge < -0.3 is 19.7 Å². The maximum Gasteiger partial charge on any atom is 0.237 e. The Morgan fingerprint density at radius 2 is 1.94 bits per heavy atom. The van der Waals surface area contributed by atoms with Crippen molar-refractivity contribution in [1.29, 1.82) is 0 Å². The van der Waals surface area contributed by atoms with E-state index in [9.17, 15) is 9.59 Å². The number of ether oxygens (including phenoxy) is 2. The highest BCUT2D eigenvalue weighted by Gasteiger charge is 2.32. The van der Waals surface area contributed by atoms with Gasteiger partial charge in [-0.15, -0.1) is 0 Å². The van der Waals surface area contributed by atoms with E-state index in [-0.39, 0.29) is 18.2 Å². The molecule has 0 aromatic heterocycles. The Balaban J connectivity index is 1.65. The minimum atomic E-state index is -0.473. The van der Waals surface area contributed by atoms with Crippen LogP contribution in [0.2, 0.25) is 0 Å². The molecule has 0 radical (unpaired) electrons. The van der Waals surface area contributed by atoms with Crippen molar-refractivity contribution in [2.75, 3.05) is 33.9 Å². The van der Waals surface area contributed by atoms with Gasteiger partial charge in [0.2, 0.25) is 11.8 Å². The number of carbonyl (C=O) groups is 2. The van der Waals surface area contributed by atoms with Gasteiger partial charge in [0.05, 0.1) is 26.2 Å². The summed E-state index contributed by atoms with van der Waals surface area (Å²) in [6.07, 6.45) is 0.142. The predicted octanol–water partition coefficient (Wildman–Crippen LogP) is 2.44. The molecule has 166 valence electrons. The molecule has 0 spiro atoms. The van der Waals surface area contributed by atoms with Crippen LogP contribution >= 0.6 is 0 Å². The number of piperazine rings is 1. The standard InChI is InChI=1S/C24H31N3O4/c1-4-31-22-14-19(10-11-21(22)30-3)16-26(2)23(28)15-20-24(29)25-12-13-27(20)17-18-8-6-5-7-9-18/h5-11,14,20H,4,12-13,15-17H2,1-3H3,(H,25,29). The number of hydrogen-bond donors (Lipinski definition) is 1. The summed E-state index contributed by atoms with van der Waals surface area (Å²) < 4.78 is 11.0. The molecule has 1 aliphatic heterocycles. The molecule has 0 saturated carbocycles. The normalized spacial score (nSPS) is 16.5. The van der Waals surface area contributed by atoms with Crippen LogP contribution in [-0.4, -0.2) is 61.5 Å². The summed E-state index contributed by atoms with van der Waals surface area (Å²) in [7, 11) is 3.36. The first-order chi connectivity index (χ1) is 15.0. The summed E-state index contributed by atoms with van der Waals surface area (Å²) in [6, 6.07) is 15.2. The molecular weight excluding hydrogens is 394 g/mol. The zero-order chi connectivity index (χ0) is 22.2. The number of nitrogens with one attached hydrogen (secondary N) is 1. The molecule has 3 rings (SSSR count). The summed E-state index contributed by atoms with van der Waals surface area (Å²) >= 11 is 0. The van der Waals surface area contributed by atoms with E-state index in [0.29, 0.717) is 37.7 Å². The minimum Gasteiger partial charge on any atom is -0.493 e. The maximum atomic E-state index is 13.0.